The van der Waals surface area contributed by atoms with Crippen LogP contribution in [0, 0.1) is 13.8 Å². The number of aromatic nitrogens is 1. The highest BCUT2D eigenvalue weighted by atomic mass is 35.5. The van der Waals surface area contributed by atoms with E-state index in [-0.39, 0.29) is 10.1 Å². The van der Waals surface area contributed by atoms with E-state index in [1.165, 1.54) is 21.7 Å². The first-order chi connectivity index (χ1) is 18.2. The first-order valence-corrected chi connectivity index (χ1v) is 16.5. The Morgan fingerprint density at radius 1 is 1.16 bits per heavy atom. The van der Waals surface area contributed by atoms with Crippen LogP contribution in [-0.2, 0) is 19.6 Å². The van der Waals surface area contributed by atoms with E-state index < -0.39 is 16.1 Å². The summed E-state index contributed by atoms with van der Waals surface area (Å²) in [5, 5.41) is 0.628. The number of benzene rings is 1. The quantitative estimate of drug-likeness (QED) is 0.367. The monoisotopic (exact) mass is 596 g/mol. The van der Waals surface area contributed by atoms with Gasteiger partial charge in [0, 0.05) is 32.7 Å². The average Bonchev–Trinajstić information content (AvgIpc) is 3.54. The minimum absolute atomic E-state index is 0.173. The number of ether oxygens (including phenoxy) is 1. The van der Waals surface area contributed by atoms with Crippen LogP contribution in [0.3, 0.4) is 0 Å². The lowest BCUT2D eigenvalue weighted by Crippen LogP contribution is -2.53. The van der Waals surface area contributed by atoms with E-state index in [0.717, 1.165) is 84.8 Å². The fourth-order valence-corrected chi connectivity index (χ4v) is 9.54. The minimum atomic E-state index is -3.84. The highest BCUT2D eigenvalue weighted by molar-refractivity contribution is 7.91. The topological polar surface area (TPSA) is 83.0 Å². The normalized spacial score (nSPS) is 19.7. The largest absolute Gasteiger partial charge is 0.379 e. The number of carbonyl (C=O) groups is 1. The number of piperidine rings is 1. The molecule has 2 saturated heterocycles. The van der Waals surface area contributed by atoms with Gasteiger partial charge in [-0.05, 0) is 62.4 Å². The highest BCUT2D eigenvalue weighted by Gasteiger charge is 2.41. The molecule has 1 unspecified atom stereocenters. The number of sulfonamides is 1. The molecule has 5 rings (SSSR count). The van der Waals surface area contributed by atoms with Crippen molar-refractivity contribution >= 4 is 65.6 Å². The molecule has 3 aromatic rings. The molecule has 4 heterocycles. The lowest BCUT2D eigenvalue weighted by molar-refractivity contribution is -0.123. The summed E-state index contributed by atoms with van der Waals surface area (Å²) in [7, 11) is -3.84. The third-order valence-electron chi connectivity index (χ3n) is 7.12. The molecule has 206 valence electrons. The lowest BCUT2D eigenvalue weighted by Gasteiger charge is -2.36. The van der Waals surface area contributed by atoms with Gasteiger partial charge in [-0.25, -0.2) is 13.4 Å². The number of carbonyl (C=O) groups excluding carboxylic acids is 1. The van der Waals surface area contributed by atoms with Gasteiger partial charge in [0.15, 0.2) is 5.13 Å². The first kappa shape index (κ1) is 27.9. The number of halogens is 1. The third kappa shape index (κ3) is 5.94. The number of thiophene rings is 1. The summed E-state index contributed by atoms with van der Waals surface area (Å²) in [6, 6.07) is 6.50. The standard InChI is InChI=1S/C26H33ClN4O4S3/c1-18-16-19(2)24-20(17-18)28-26(37-24)30(10-5-9-29-12-14-35-15-13-29)25(32)21-6-3-4-11-31(21)38(33,34)23-8-7-22(27)36-23/h7-8,16-17,21H,3-6,9-15H2,1-2H3. The van der Waals surface area contributed by atoms with Gasteiger partial charge in [-0.2, -0.15) is 4.31 Å². The first-order valence-electron chi connectivity index (χ1n) is 13.0. The average molecular weight is 597 g/mol. The molecule has 0 saturated carbocycles. The van der Waals surface area contributed by atoms with Crippen LogP contribution in [0.2, 0.25) is 4.34 Å². The number of hydrogen-bond donors (Lipinski definition) is 0. The number of anilines is 1. The van der Waals surface area contributed by atoms with E-state index in [1.54, 1.807) is 11.0 Å². The summed E-state index contributed by atoms with van der Waals surface area (Å²) >= 11 is 8.59. The van der Waals surface area contributed by atoms with Crippen LogP contribution < -0.4 is 4.90 Å². The Kier molecular flexibility index (Phi) is 8.73. The molecule has 2 aromatic heterocycles. The summed E-state index contributed by atoms with van der Waals surface area (Å²) in [5.74, 6) is -0.202. The molecule has 0 bridgehead atoms. The molecule has 38 heavy (non-hydrogen) atoms. The maximum atomic E-state index is 14.2. The molecule has 0 spiro atoms. The molecule has 2 aliphatic heterocycles. The Labute approximate surface area is 237 Å². The van der Waals surface area contributed by atoms with Crippen molar-refractivity contribution in [3.8, 4) is 0 Å². The van der Waals surface area contributed by atoms with Crippen LogP contribution in [0.15, 0.2) is 28.5 Å². The molecule has 2 fully saturated rings. The van der Waals surface area contributed by atoms with E-state index in [9.17, 15) is 13.2 Å². The van der Waals surface area contributed by atoms with Gasteiger partial charge in [0.1, 0.15) is 10.3 Å². The van der Waals surface area contributed by atoms with E-state index >= 15 is 0 Å². The molecule has 1 atom stereocenters. The van der Waals surface area contributed by atoms with Crippen molar-refractivity contribution in [3.05, 3.63) is 39.7 Å². The predicted molar refractivity (Wildman–Crippen MR) is 154 cm³/mol. The Morgan fingerprint density at radius 2 is 1.95 bits per heavy atom. The van der Waals surface area contributed by atoms with Gasteiger partial charge in [-0.1, -0.05) is 35.4 Å². The summed E-state index contributed by atoms with van der Waals surface area (Å²) in [6.07, 6.45) is 2.77. The molecule has 0 N–H and O–H groups in total. The van der Waals surface area contributed by atoms with Gasteiger partial charge in [0.05, 0.1) is 27.8 Å². The summed E-state index contributed by atoms with van der Waals surface area (Å²) < 4.78 is 35.7. The Hall–Kier alpha value is -1.60. The van der Waals surface area contributed by atoms with E-state index in [1.807, 2.05) is 13.0 Å². The van der Waals surface area contributed by atoms with Crippen LogP contribution in [0.5, 0.6) is 0 Å². The van der Waals surface area contributed by atoms with Crippen LogP contribution in [0.25, 0.3) is 10.2 Å². The third-order valence-corrected chi connectivity index (χ3v) is 12.0. The zero-order valence-corrected chi connectivity index (χ0v) is 24.9. The minimum Gasteiger partial charge on any atom is -0.379 e. The molecule has 2 aliphatic rings. The van der Waals surface area contributed by atoms with Crippen molar-refractivity contribution in [1.82, 2.24) is 14.2 Å². The second kappa shape index (κ2) is 11.9. The SMILES string of the molecule is Cc1cc(C)c2sc(N(CCCN3CCOCC3)C(=O)C3CCCCN3S(=O)(=O)c3ccc(Cl)s3)nc2c1. The van der Waals surface area contributed by atoms with Crippen LogP contribution >= 0.6 is 34.3 Å². The van der Waals surface area contributed by atoms with E-state index in [0.29, 0.717) is 29.0 Å². The maximum Gasteiger partial charge on any atom is 0.253 e. The zero-order valence-electron chi connectivity index (χ0n) is 21.7. The Bertz CT molecular complexity index is 1400. The molecule has 1 amide bonds. The predicted octanol–water partition coefficient (Wildman–Crippen LogP) is 4.93. The van der Waals surface area contributed by atoms with Crippen molar-refractivity contribution in [2.75, 3.05) is 50.8 Å². The Balaban J connectivity index is 1.45. The number of fused-ring (bicyclic) bond motifs is 1. The molecular formula is C26H33ClN4O4S3. The number of amides is 1. The van der Waals surface area contributed by atoms with Crippen LogP contribution in [0.4, 0.5) is 5.13 Å². The van der Waals surface area contributed by atoms with Gasteiger partial charge in [-0.15, -0.1) is 11.3 Å². The zero-order chi connectivity index (χ0) is 26.9. The number of morpholine rings is 1. The molecule has 12 heteroatoms. The van der Waals surface area contributed by atoms with Crippen LogP contribution in [0.1, 0.15) is 36.8 Å². The molecule has 0 radical (unpaired) electrons. The van der Waals surface area contributed by atoms with Crippen molar-refractivity contribution in [2.45, 2.75) is 49.8 Å². The summed E-state index contributed by atoms with van der Waals surface area (Å²) in [6.45, 7) is 8.94. The second-order valence-electron chi connectivity index (χ2n) is 9.91. The number of aryl methyl sites for hydroxylation is 2. The summed E-state index contributed by atoms with van der Waals surface area (Å²) in [4.78, 5) is 23.2. The van der Waals surface area contributed by atoms with Gasteiger partial charge in [0.2, 0.25) is 5.91 Å². The van der Waals surface area contributed by atoms with Gasteiger partial charge < -0.3 is 4.74 Å². The second-order valence-corrected chi connectivity index (χ2v) is 14.7. The lowest BCUT2D eigenvalue weighted by atomic mass is 10.0. The van der Waals surface area contributed by atoms with Crippen molar-refractivity contribution in [3.63, 3.8) is 0 Å². The van der Waals surface area contributed by atoms with Crippen molar-refractivity contribution in [1.29, 1.82) is 0 Å². The molecule has 1 aromatic carbocycles. The molecule has 8 nitrogen and oxygen atoms in total. The molecule has 0 aliphatic carbocycles. The van der Waals surface area contributed by atoms with Crippen molar-refractivity contribution in [2.24, 2.45) is 0 Å². The number of rotatable bonds is 8. The highest BCUT2D eigenvalue weighted by Crippen LogP contribution is 2.36. The summed E-state index contributed by atoms with van der Waals surface area (Å²) in [5.41, 5.74) is 3.12. The van der Waals surface area contributed by atoms with Gasteiger partial charge in [-0.3, -0.25) is 14.6 Å². The number of thiazole rings is 1. The smallest absolute Gasteiger partial charge is 0.253 e. The van der Waals surface area contributed by atoms with E-state index in [4.69, 9.17) is 21.3 Å². The number of nitrogens with zero attached hydrogens (tertiary/aromatic N) is 4. The molecular weight excluding hydrogens is 564 g/mol. The fraction of sp³-hybridized carbons (Fsp3) is 0.538. The maximum absolute atomic E-state index is 14.2. The van der Waals surface area contributed by atoms with Crippen molar-refractivity contribution < 1.29 is 17.9 Å². The number of hydrogen-bond acceptors (Lipinski definition) is 8. The van der Waals surface area contributed by atoms with E-state index in [2.05, 4.69) is 17.9 Å². The van der Waals surface area contributed by atoms with Gasteiger partial charge >= 0.3 is 0 Å². The Morgan fingerprint density at radius 3 is 2.68 bits per heavy atom. The van der Waals surface area contributed by atoms with Gasteiger partial charge in [0.25, 0.3) is 10.0 Å². The van der Waals surface area contributed by atoms with Crippen LogP contribution in [-0.4, -0.2) is 80.5 Å². The fourth-order valence-electron chi connectivity index (χ4n) is 5.23.